The number of carbonyl (C=O) groups excluding carboxylic acids is 2. The fourth-order valence-corrected chi connectivity index (χ4v) is 3.74. The predicted molar refractivity (Wildman–Crippen MR) is 123 cm³/mol. The minimum atomic E-state index is -0.932. The van der Waals surface area contributed by atoms with Gasteiger partial charge in [-0.2, -0.15) is 0 Å². The second-order valence-electron chi connectivity index (χ2n) is 7.66. The first kappa shape index (κ1) is 22.8. The number of hydrogen-bond donors (Lipinski definition) is 0. The van der Waals surface area contributed by atoms with Gasteiger partial charge in [0.05, 0.1) is 11.5 Å². The molecule has 3 aromatic carbocycles. The van der Waals surface area contributed by atoms with Gasteiger partial charge >= 0.3 is 12.2 Å². The molecule has 9 heteroatoms. The summed E-state index contributed by atoms with van der Waals surface area (Å²) in [5.74, 6) is 0.133. The van der Waals surface area contributed by atoms with Crippen molar-refractivity contribution in [1.82, 2.24) is 4.90 Å². The van der Waals surface area contributed by atoms with E-state index in [1.807, 2.05) is 48.5 Å². The Kier molecular flexibility index (Phi) is 6.72. The minimum Gasteiger partial charge on any atom is -0.436 e. The molecule has 0 saturated carbocycles. The van der Waals surface area contributed by atoms with Crippen molar-refractivity contribution >= 4 is 17.9 Å². The molecule has 34 heavy (non-hydrogen) atoms. The van der Waals surface area contributed by atoms with Crippen molar-refractivity contribution in [2.75, 3.05) is 20.2 Å². The number of carbonyl (C=O) groups is 2. The Labute approximate surface area is 195 Å². The van der Waals surface area contributed by atoms with E-state index >= 15 is 0 Å². The lowest BCUT2D eigenvalue weighted by atomic mass is 10.1. The van der Waals surface area contributed by atoms with Gasteiger partial charge in [-0.1, -0.05) is 48.5 Å². The lowest BCUT2D eigenvalue weighted by Gasteiger charge is -2.21. The zero-order valence-corrected chi connectivity index (χ0v) is 18.4. The quantitative estimate of drug-likeness (QED) is 0.153. The highest BCUT2D eigenvalue weighted by Crippen LogP contribution is 2.45. The molecule has 0 radical (unpaired) electrons. The molecule has 174 valence electrons. The van der Waals surface area contributed by atoms with Crippen molar-refractivity contribution < 1.29 is 28.7 Å². The largest absolute Gasteiger partial charge is 0.513 e. The van der Waals surface area contributed by atoms with Crippen LogP contribution in [0.15, 0.2) is 72.8 Å². The van der Waals surface area contributed by atoms with Crippen molar-refractivity contribution in [3.8, 4) is 16.9 Å². The first-order valence-corrected chi connectivity index (χ1v) is 10.6. The number of nitro groups is 1. The molecule has 0 unspecified atom stereocenters. The Bertz CT molecular complexity index is 1160. The first-order valence-electron chi connectivity index (χ1n) is 10.6. The van der Waals surface area contributed by atoms with Crippen LogP contribution in [0, 0.1) is 10.1 Å². The third-order valence-electron chi connectivity index (χ3n) is 5.41. The number of hydrogen-bond acceptors (Lipinski definition) is 7. The Morgan fingerprint density at radius 3 is 2.12 bits per heavy atom. The van der Waals surface area contributed by atoms with Crippen LogP contribution >= 0.6 is 0 Å². The molecule has 1 aliphatic carbocycles. The summed E-state index contributed by atoms with van der Waals surface area (Å²) in [5, 5.41) is 10.7. The number of amides is 1. The zero-order valence-electron chi connectivity index (χ0n) is 18.4. The Balaban J connectivity index is 1.24. The highest BCUT2D eigenvalue weighted by molar-refractivity contribution is 5.79. The summed E-state index contributed by atoms with van der Waals surface area (Å²) in [6, 6.07) is 20.8. The molecule has 0 saturated heterocycles. The molecular weight excluding hydrogens is 440 g/mol. The summed E-state index contributed by atoms with van der Waals surface area (Å²) < 4.78 is 15.8. The number of non-ortho nitro benzene ring substituents is 1. The molecule has 0 spiro atoms. The van der Waals surface area contributed by atoms with Crippen LogP contribution in [0.4, 0.5) is 15.3 Å². The smallest absolute Gasteiger partial charge is 0.436 e. The predicted octanol–water partition coefficient (Wildman–Crippen LogP) is 5.34. The lowest BCUT2D eigenvalue weighted by Crippen LogP contribution is -2.30. The standard InChI is InChI=1S/C25H22N2O7/c1-26(15-6-16-32-25(29)33-18-13-11-17(12-14-18)27(30)31)24(28)34-23-21-9-4-2-7-19(21)20-8-3-5-10-22(20)23/h2-5,7-14,23H,6,15-16H2,1H3. The Morgan fingerprint density at radius 1 is 0.941 bits per heavy atom. The molecule has 9 nitrogen and oxygen atoms in total. The molecule has 1 amide bonds. The first-order chi connectivity index (χ1) is 16.4. The van der Waals surface area contributed by atoms with Gasteiger partial charge in [0.2, 0.25) is 0 Å². The average molecular weight is 462 g/mol. The molecule has 0 heterocycles. The van der Waals surface area contributed by atoms with E-state index in [1.165, 1.54) is 29.2 Å². The fraction of sp³-hybridized carbons (Fsp3) is 0.200. The number of ether oxygens (including phenoxy) is 3. The number of benzene rings is 3. The molecule has 0 N–H and O–H groups in total. The van der Waals surface area contributed by atoms with Gasteiger partial charge in [-0.05, 0) is 29.7 Å². The fourth-order valence-electron chi connectivity index (χ4n) is 3.74. The van der Waals surface area contributed by atoms with Gasteiger partial charge in [-0.25, -0.2) is 9.59 Å². The number of fused-ring (bicyclic) bond motifs is 3. The molecule has 0 atom stereocenters. The van der Waals surface area contributed by atoms with Crippen LogP contribution in [0.1, 0.15) is 23.7 Å². The summed E-state index contributed by atoms with van der Waals surface area (Å²) in [7, 11) is 1.62. The highest BCUT2D eigenvalue weighted by atomic mass is 16.7. The van der Waals surface area contributed by atoms with E-state index in [0.717, 1.165) is 22.3 Å². The molecule has 3 aromatic rings. The number of nitrogens with zero attached hydrogens (tertiary/aromatic N) is 2. The van der Waals surface area contributed by atoms with E-state index in [2.05, 4.69) is 0 Å². The Hall–Kier alpha value is -4.40. The molecule has 4 rings (SSSR count). The van der Waals surface area contributed by atoms with Gasteiger partial charge < -0.3 is 19.1 Å². The molecule has 0 aromatic heterocycles. The van der Waals surface area contributed by atoms with Gasteiger partial charge in [-0.3, -0.25) is 10.1 Å². The van der Waals surface area contributed by atoms with E-state index < -0.39 is 23.3 Å². The summed E-state index contributed by atoms with van der Waals surface area (Å²) in [6.45, 7) is 0.332. The third kappa shape index (κ3) is 4.98. The lowest BCUT2D eigenvalue weighted by molar-refractivity contribution is -0.384. The van der Waals surface area contributed by atoms with Crippen molar-refractivity contribution in [3.63, 3.8) is 0 Å². The van der Waals surface area contributed by atoms with E-state index in [4.69, 9.17) is 14.2 Å². The average Bonchev–Trinajstić information content (AvgIpc) is 3.16. The van der Waals surface area contributed by atoms with Gasteiger partial charge in [0.25, 0.3) is 5.69 Å². The topological polar surface area (TPSA) is 108 Å². The van der Waals surface area contributed by atoms with Gasteiger partial charge in [0.15, 0.2) is 6.10 Å². The third-order valence-corrected chi connectivity index (χ3v) is 5.41. The normalized spacial score (nSPS) is 11.8. The summed E-state index contributed by atoms with van der Waals surface area (Å²) in [6.07, 6.45) is -1.52. The summed E-state index contributed by atoms with van der Waals surface area (Å²) >= 11 is 0. The Morgan fingerprint density at radius 2 is 1.53 bits per heavy atom. The van der Waals surface area contributed by atoms with E-state index in [-0.39, 0.29) is 18.0 Å². The van der Waals surface area contributed by atoms with Crippen LogP contribution in [0.2, 0.25) is 0 Å². The van der Waals surface area contributed by atoms with E-state index in [1.54, 1.807) is 7.05 Å². The molecule has 1 aliphatic rings. The molecular formula is C25H22N2O7. The van der Waals surface area contributed by atoms with Crippen molar-refractivity contribution in [2.24, 2.45) is 0 Å². The van der Waals surface area contributed by atoms with Crippen molar-refractivity contribution in [2.45, 2.75) is 12.5 Å². The zero-order chi connectivity index (χ0) is 24.1. The second-order valence-corrected chi connectivity index (χ2v) is 7.66. The number of nitro benzene ring substituents is 1. The minimum absolute atomic E-state index is 0.0263. The van der Waals surface area contributed by atoms with Crippen LogP contribution in [0.5, 0.6) is 5.75 Å². The number of rotatable bonds is 7. The van der Waals surface area contributed by atoms with Gasteiger partial charge in [-0.15, -0.1) is 0 Å². The van der Waals surface area contributed by atoms with Crippen LogP contribution in [-0.2, 0) is 9.47 Å². The summed E-state index contributed by atoms with van der Waals surface area (Å²) in [5.41, 5.74) is 3.89. The maximum Gasteiger partial charge on any atom is 0.513 e. The molecule has 0 bridgehead atoms. The van der Waals surface area contributed by atoms with Crippen LogP contribution in [-0.4, -0.2) is 42.3 Å². The highest BCUT2D eigenvalue weighted by Gasteiger charge is 2.31. The van der Waals surface area contributed by atoms with Crippen molar-refractivity contribution in [1.29, 1.82) is 0 Å². The SMILES string of the molecule is CN(CCCOC(=O)Oc1ccc([N+](=O)[O-])cc1)C(=O)OC1c2ccccc2-c2ccccc21. The van der Waals surface area contributed by atoms with Crippen LogP contribution in [0.25, 0.3) is 11.1 Å². The molecule has 0 fully saturated rings. The monoisotopic (exact) mass is 462 g/mol. The van der Waals surface area contributed by atoms with Crippen molar-refractivity contribution in [3.05, 3.63) is 94.0 Å². The molecule has 0 aliphatic heterocycles. The van der Waals surface area contributed by atoms with E-state index in [0.29, 0.717) is 13.0 Å². The maximum atomic E-state index is 12.7. The van der Waals surface area contributed by atoms with Crippen LogP contribution in [0.3, 0.4) is 0 Å². The van der Waals surface area contributed by atoms with Gasteiger partial charge in [0, 0.05) is 36.9 Å². The van der Waals surface area contributed by atoms with Gasteiger partial charge in [0.1, 0.15) is 5.75 Å². The second kappa shape index (κ2) is 10.0. The van der Waals surface area contributed by atoms with E-state index in [9.17, 15) is 19.7 Å². The van der Waals surface area contributed by atoms with Crippen LogP contribution < -0.4 is 4.74 Å². The maximum absolute atomic E-state index is 12.7. The summed E-state index contributed by atoms with van der Waals surface area (Å²) in [4.78, 5) is 36.0.